The maximum Gasteiger partial charge on any atom is 0.217 e. The highest BCUT2D eigenvalue weighted by Crippen LogP contribution is 2.45. The summed E-state index contributed by atoms with van der Waals surface area (Å²) in [6.45, 7) is 1.51. The predicted molar refractivity (Wildman–Crippen MR) is 128 cm³/mol. The van der Waals surface area contributed by atoms with Gasteiger partial charge in [0.25, 0.3) is 0 Å². The number of nitrogens with one attached hydrogen (secondary N) is 2. The first kappa shape index (κ1) is 22.6. The summed E-state index contributed by atoms with van der Waals surface area (Å²) in [5.74, 6) is 6.53. The number of aliphatic imine (C=N–C) groups is 1. The number of hydrogen-bond donors (Lipinski definition) is 2. The first-order valence-electron chi connectivity index (χ1n) is 11.3. The summed E-state index contributed by atoms with van der Waals surface area (Å²) in [6, 6.07) is 11.5. The van der Waals surface area contributed by atoms with Crippen LogP contribution in [0.2, 0.25) is 0 Å². The average Bonchev–Trinajstić information content (AvgIpc) is 3.20. The number of halogens is 1. The third-order valence-corrected chi connectivity index (χ3v) is 6.31. The van der Waals surface area contributed by atoms with Crippen molar-refractivity contribution in [2.75, 3.05) is 0 Å². The van der Waals surface area contributed by atoms with E-state index < -0.39 is 0 Å². The highest BCUT2D eigenvalue weighted by Gasteiger charge is 2.38. The molecule has 4 unspecified atom stereocenters. The van der Waals surface area contributed by atoms with Crippen molar-refractivity contribution in [1.82, 2.24) is 10.3 Å². The van der Waals surface area contributed by atoms with E-state index in [1.54, 1.807) is 18.3 Å². The van der Waals surface area contributed by atoms with E-state index in [1.807, 2.05) is 18.2 Å². The number of allylic oxidation sites excluding steroid dienone is 2. The predicted octanol–water partition coefficient (Wildman–Crippen LogP) is 4.86. The second-order valence-electron chi connectivity index (χ2n) is 8.62. The largest absolute Gasteiger partial charge is 0.343 e. The molecular weight excluding hydrogens is 415 g/mol. The summed E-state index contributed by atoms with van der Waals surface area (Å²) in [5.41, 5.74) is 3.58. The van der Waals surface area contributed by atoms with Crippen molar-refractivity contribution >= 4 is 23.5 Å². The lowest BCUT2D eigenvalue weighted by Gasteiger charge is -2.30. The number of rotatable bonds is 5. The van der Waals surface area contributed by atoms with Gasteiger partial charge in [-0.2, -0.15) is 0 Å². The van der Waals surface area contributed by atoms with Crippen LogP contribution in [0.5, 0.6) is 0 Å². The molecule has 0 aliphatic heterocycles. The number of hydrogen-bond acceptors (Lipinski definition) is 4. The molecule has 168 valence electrons. The van der Waals surface area contributed by atoms with Gasteiger partial charge in [-0.25, -0.2) is 9.37 Å². The van der Waals surface area contributed by atoms with Gasteiger partial charge in [0.2, 0.25) is 5.91 Å². The Kier molecular flexibility index (Phi) is 7.09. The molecule has 4 atom stereocenters. The maximum atomic E-state index is 13.2. The fourth-order valence-corrected chi connectivity index (χ4v) is 4.77. The Morgan fingerprint density at radius 3 is 2.85 bits per heavy atom. The minimum absolute atomic E-state index is 0.0803. The Balaban J connectivity index is 1.52. The van der Waals surface area contributed by atoms with Crippen LogP contribution in [0, 0.1) is 40.8 Å². The van der Waals surface area contributed by atoms with Gasteiger partial charge in [0.15, 0.2) is 0 Å². The molecule has 6 heteroatoms. The zero-order chi connectivity index (χ0) is 23.2. The second kappa shape index (κ2) is 10.4. The molecule has 1 saturated carbocycles. The van der Waals surface area contributed by atoms with Crippen LogP contribution in [0.25, 0.3) is 0 Å². The fraction of sp³-hybridized carbons (Fsp3) is 0.333. The summed E-state index contributed by atoms with van der Waals surface area (Å²) in [7, 11) is 0. The van der Waals surface area contributed by atoms with Gasteiger partial charge in [0.1, 0.15) is 11.5 Å². The molecule has 1 fully saturated rings. The van der Waals surface area contributed by atoms with E-state index in [4.69, 9.17) is 10.4 Å². The highest BCUT2D eigenvalue weighted by atomic mass is 19.1. The molecule has 2 N–H and O–H groups in total. The quantitative estimate of drug-likeness (QED) is 0.512. The van der Waals surface area contributed by atoms with E-state index in [2.05, 4.69) is 28.2 Å². The molecule has 4 rings (SSSR count). The molecule has 5 nitrogen and oxygen atoms in total. The molecule has 0 bridgehead atoms. The Labute approximate surface area is 193 Å². The zero-order valence-corrected chi connectivity index (χ0v) is 18.6. The van der Waals surface area contributed by atoms with Gasteiger partial charge < -0.3 is 10.7 Å². The monoisotopic (exact) mass is 442 g/mol. The molecule has 0 radical (unpaired) electrons. The third kappa shape index (κ3) is 5.81. The number of carbonyl (C=O) groups is 1. The van der Waals surface area contributed by atoms with Crippen molar-refractivity contribution in [2.24, 2.45) is 22.7 Å². The number of pyridine rings is 1. The molecule has 1 aromatic heterocycles. The van der Waals surface area contributed by atoms with E-state index >= 15 is 0 Å². The van der Waals surface area contributed by atoms with Crippen molar-refractivity contribution in [2.45, 2.75) is 38.6 Å². The van der Waals surface area contributed by atoms with Crippen LogP contribution < -0.4 is 5.32 Å². The minimum Gasteiger partial charge on any atom is -0.343 e. The Bertz CT molecular complexity index is 1130. The standard InChI is InChI=1S/C27H27FN4O/c1-18(33)31-25(12-11-23-4-2-3-13-30-23)14-19-5-6-20-16-27(21(17-29)15-26(19)20)32-24-9-7-22(28)8-10-24/h2-4,7-10,13,16-17,19,21,25-26,29H,5-6,14-15H2,1H3,(H,31,33). The van der Waals surface area contributed by atoms with Crippen LogP contribution in [-0.2, 0) is 4.79 Å². The molecule has 2 aliphatic carbocycles. The lowest BCUT2D eigenvalue weighted by molar-refractivity contribution is -0.119. The van der Waals surface area contributed by atoms with E-state index in [9.17, 15) is 9.18 Å². The zero-order valence-electron chi connectivity index (χ0n) is 18.6. The van der Waals surface area contributed by atoms with Crippen LogP contribution >= 0.6 is 0 Å². The lowest BCUT2D eigenvalue weighted by Crippen LogP contribution is -2.35. The molecule has 0 spiro atoms. The van der Waals surface area contributed by atoms with Crippen LogP contribution in [0.3, 0.4) is 0 Å². The lowest BCUT2D eigenvalue weighted by atomic mass is 9.76. The summed E-state index contributed by atoms with van der Waals surface area (Å²) < 4.78 is 13.2. The molecule has 2 aliphatic rings. The summed E-state index contributed by atoms with van der Waals surface area (Å²) >= 11 is 0. The van der Waals surface area contributed by atoms with Gasteiger partial charge in [-0.05, 0) is 85.9 Å². The first-order valence-corrected chi connectivity index (χ1v) is 11.3. The van der Waals surface area contributed by atoms with Gasteiger partial charge in [-0.15, -0.1) is 0 Å². The number of fused-ring (bicyclic) bond motifs is 1. The normalized spacial score (nSPS) is 23.6. The SMILES string of the molecule is CC(=O)NC(C#Cc1ccccn1)CC1CCC2=CC(=Nc3ccc(F)cc3)C(C=N)CC21. The first-order chi connectivity index (χ1) is 16.0. The third-order valence-electron chi connectivity index (χ3n) is 6.31. The number of nitrogens with zero attached hydrogens (tertiary/aromatic N) is 2. The molecule has 1 amide bonds. The van der Waals surface area contributed by atoms with E-state index in [0.717, 1.165) is 31.4 Å². The Morgan fingerprint density at radius 2 is 2.15 bits per heavy atom. The average molecular weight is 443 g/mol. The number of aromatic nitrogens is 1. The molecular formula is C27H27FN4O. The highest BCUT2D eigenvalue weighted by molar-refractivity contribution is 6.07. The van der Waals surface area contributed by atoms with Crippen LogP contribution in [-0.4, -0.2) is 28.9 Å². The Hall–Kier alpha value is -3.59. The van der Waals surface area contributed by atoms with Gasteiger partial charge in [0, 0.05) is 31.0 Å². The summed E-state index contributed by atoms with van der Waals surface area (Å²) in [4.78, 5) is 20.7. The van der Waals surface area contributed by atoms with Crippen molar-refractivity contribution < 1.29 is 9.18 Å². The number of carbonyl (C=O) groups excluding carboxylic acids is 1. The smallest absolute Gasteiger partial charge is 0.217 e. The van der Waals surface area contributed by atoms with Crippen LogP contribution in [0.4, 0.5) is 10.1 Å². The van der Waals surface area contributed by atoms with Crippen LogP contribution in [0.15, 0.2) is 65.3 Å². The van der Waals surface area contributed by atoms with Gasteiger partial charge in [0.05, 0.1) is 11.7 Å². The van der Waals surface area contributed by atoms with Gasteiger partial charge >= 0.3 is 0 Å². The number of benzene rings is 1. The topological polar surface area (TPSA) is 78.2 Å². The minimum atomic E-state index is -0.289. The van der Waals surface area contributed by atoms with Crippen molar-refractivity contribution in [3.8, 4) is 11.8 Å². The molecule has 1 heterocycles. The summed E-state index contributed by atoms with van der Waals surface area (Å²) in [6.07, 6.45) is 8.86. The summed E-state index contributed by atoms with van der Waals surface area (Å²) in [5, 5.41) is 10.9. The Morgan fingerprint density at radius 1 is 1.33 bits per heavy atom. The van der Waals surface area contributed by atoms with E-state index in [0.29, 0.717) is 23.2 Å². The maximum absolute atomic E-state index is 13.2. The molecule has 1 aromatic carbocycles. The van der Waals surface area contributed by atoms with Gasteiger partial charge in [-0.3, -0.25) is 9.79 Å². The van der Waals surface area contributed by atoms with Crippen LogP contribution in [0.1, 0.15) is 38.3 Å². The van der Waals surface area contributed by atoms with Gasteiger partial charge in [-0.1, -0.05) is 17.6 Å². The van der Waals surface area contributed by atoms with E-state index in [1.165, 1.54) is 30.8 Å². The molecule has 0 saturated heterocycles. The van der Waals surface area contributed by atoms with E-state index in [-0.39, 0.29) is 23.7 Å². The van der Waals surface area contributed by atoms with Crippen molar-refractivity contribution in [1.29, 1.82) is 5.41 Å². The molecule has 2 aromatic rings. The molecule has 33 heavy (non-hydrogen) atoms. The number of amides is 1. The van der Waals surface area contributed by atoms with Crippen molar-refractivity contribution in [3.05, 3.63) is 71.8 Å². The van der Waals surface area contributed by atoms with Crippen molar-refractivity contribution in [3.63, 3.8) is 0 Å². The fourth-order valence-electron chi connectivity index (χ4n) is 4.77. The second-order valence-corrected chi connectivity index (χ2v) is 8.62.